The molecule has 1 aromatic rings. The number of aliphatic hydroxyl groups excluding tert-OH is 1. The number of benzene rings is 1. The fraction of sp³-hybridized carbons (Fsp3) is 0.333. The fourth-order valence-corrected chi connectivity index (χ4v) is 1.97. The predicted molar refractivity (Wildman–Crippen MR) is 63.0 cm³/mol. The Bertz CT molecular complexity index is 399. The molecule has 1 N–H and O–H groups in total. The zero-order chi connectivity index (χ0) is 12.1. The summed E-state index contributed by atoms with van der Waals surface area (Å²) < 4.78 is 5.64. The van der Waals surface area contributed by atoms with Crippen molar-refractivity contribution in [2.75, 3.05) is 13.2 Å². The molecule has 0 spiro atoms. The highest BCUT2D eigenvalue weighted by Gasteiger charge is 2.19. The number of nitro benzene ring substituents is 1. The van der Waals surface area contributed by atoms with Gasteiger partial charge in [0.15, 0.2) is 0 Å². The first-order valence-electron chi connectivity index (χ1n) is 4.43. The van der Waals surface area contributed by atoms with Gasteiger partial charge < -0.3 is 9.84 Å². The first-order valence-corrected chi connectivity index (χ1v) is 5.60. The Morgan fingerprint density at radius 1 is 1.56 bits per heavy atom. The van der Waals surface area contributed by atoms with E-state index in [1.54, 1.807) is 0 Å². The Labute approximate surface area is 105 Å². The Morgan fingerprint density at radius 2 is 2.25 bits per heavy atom. The molecule has 1 rings (SSSR count). The maximum absolute atomic E-state index is 10.8. The molecule has 0 amide bonds. The molecule has 0 saturated carbocycles. The molecule has 7 heteroatoms. The molecule has 0 aliphatic carbocycles. The number of hydrogen-bond donors (Lipinski definition) is 1. The summed E-state index contributed by atoms with van der Waals surface area (Å²) in [6.45, 7) is 0.177. The van der Waals surface area contributed by atoms with Crippen LogP contribution in [0.5, 0.6) is 5.75 Å². The summed E-state index contributed by atoms with van der Waals surface area (Å²) in [4.78, 5) is 10.2. The van der Waals surface area contributed by atoms with E-state index in [9.17, 15) is 10.1 Å². The molecule has 0 heterocycles. The van der Waals surface area contributed by atoms with E-state index in [0.29, 0.717) is 10.9 Å². The van der Waals surface area contributed by atoms with E-state index in [4.69, 9.17) is 21.4 Å². The zero-order valence-electron chi connectivity index (χ0n) is 8.15. The zero-order valence-corrected chi connectivity index (χ0v) is 10.5. The molecule has 0 unspecified atom stereocenters. The van der Waals surface area contributed by atoms with Gasteiger partial charge in [-0.05, 0) is 22.0 Å². The van der Waals surface area contributed by atoms with Gasteiger partial charge in [-0.15, -0.1) is 0 Å². The molecule has 0 atom stereocenters. The molecule has 0 radical (unpaired) electrons. The van der Waals surface area contributed by atoms with E-state index in [1.807, 2.05) is 0 Å². The third-order valence-corrected chi connectivity index (χ3v) is 2.54. The lowest BCUT2D eigenvalue weighted by molar-refractivity contribution is -0.385. The molecule has 5 nitrogen and oxygen atoms in total. The SMILES string of the molecule is O=[N+]([O-])c1cc(Cl)cc(Br)c1OCCCO. The van der Waals surface area contributed by atoms with Gasteiger partial charge in [-0.3, -0.25) is 10.1 Å². The first-order chi connectivity index (χ1) is 7.56. The van der Waals surface area contributed by atoms with Crippen LogP contribution in [0.2, 0.25) is 5.02 Å². The minimum absolute atomic E-state index is 0.0288. The molecule has 0 aliphatic heterocycles. The van der Waals surface area contributed by atoms with Crippen molar-refractivity contribution in [2.45, 2.75) is 6.42 Å². The second-order valence-electron chi connectivity index (χ2n) is 2.92. The van der Waals surface area contributed by atoms with E-state index < -0.39 is 4.92 Å². The quantitative estimate of drug-likeness (QED) is 0.515. The summed E-state index contributed by atoms with van der Waals surface area (Å²) in [5.41, 5.74) is -0.197. The Balaban J connectivity index is 2.99. The minimum Gasteiger partial charge on any atom is -0.486 e. The number of hydrogen-bond acceptors (Lipinski definition) is 4. The van der Waals surface area contributed by atoms with Crippen LogP contribution in [0.1, 0.15) is 6.42 Å². The van der Waals surface area contributed by atoms with Crippen LogP contribution in [0, 0.1) is 10.1 Å². The minimum atomic E-state index is -0.565. The van der Waals surface area contributed by atoms with E-state index in [1.165, 1.54) is 12.1 Å². The number of aliphatic hydroxyl groups is 1. The Morgan fingerprint density at radius 3 is 2.81 bits per heavy atom. The van der Waals surface area contributed by atoms with Crippen molar-refractivity contribution in [1.82, 2.24) is 0 Å². The van der Waals surface area contributed by atoms with Gasteiger partial charge in [0.1, 0.15) is 0 Å². The lowest BCUT2D eigenvalue weighted by Crippen LogP contribution is -2.03. The van der Waals surface area contributed by atoms with Crippen LogP contribution in [-0.2, 0) is 0 Å². The lowest BCUT2D eigenvalue weighted by atomic mass is 10.3. The highest BCUT2D eigenvalue weighted by atomic mass is 79.9. The Hall–Kier alpha value is -0.850. The van der Waals surface area contributed by atoms with Crippen molar-refractivity contribution in [3.63, 3.8) is 0 Å². The third kappa shape index (κ3) is 3.33. The first kappa shape index (κ1) is 13.2. The van der Waals surface area contributed by atoms with Gasteiger partial charge in [-0.1, -0.05) is 11.6 Å². The van der Waals surface area contributed by atoms with Gasteiger partial charge in [0, 0.05) is 24.1 Å². The van der Waals surface area contributed by atoms with Crippen LogP contribution in [0.3, 0.4) is 0 Å². The molecule has 16 heavy (non-hydrogen) atoms. The summed E-state index contributed by atoms with van der Waals surface area (Å²) in [5, 5.41) is 19.6. The van der Waals surface area contributed by atoms with E-state index in [2.05, 4.69) is 15.9 Å². The molecule has 0 bridgehead atoms. The molecular formula is C9H9BrClNO4. The van der Waals surface area contributed by atoms with Crippen LogP contribution in [0.15, 0.2) is 16.6 Å². The summed E-state index contributed by atoms with van der Waals surface area (Å²) in [6.07, 6.45) is 0.409. The van der Waals surface area contributed by atoms with Crippen LogP contribution < -0.4 is 4.74 Å². The molecule has 88 valence electrons. The van der Waals surface area contributed by atoms with Gasteiger partial charge in [-0.25, -0.2) is 0 Å². The van der Waals surface area contributed by atoms with Crippen molar-refractivity contribution >= 4 is 33.2 Å². The average Bonchev–Trinajstić information content (AvgIpc) is 2.20. The monoisotopic (exact) mass is 309 g/mol. The van der Waals surface area contributed by atoms with Crippen molar-refractivity contribution in [1.29, 1.82) is 0 Å². The normalized spacial score (nSPS) is 10.2. The standard InChI is InChI=1S/C9H9BrClNO4/c10-7-4-6(11)5-8(12(14)15)9(7)16-3-1-2-13/h4-5,13H,1-3H2. The van der Waals surface area contributed by atoms with Crippen molar-refractivity contribution in [3.05, 3.63) is 31.7 Å². The van der Waals surface area contributed by atoms with Gasteiger partial charge in [0.25, 0.3) is 0 Å². The molecule has 0 fully saturated rings. The Kier molecular flexibility index (Phi) is 4.98. The van der Waals surface area contributed by atoms with Gasteiger partial charge >= 0.3 is 5.69 Å². The van der Waals surface area contributed by atoms with Crippen molar-refractivity contribution in [2.24, 2.45) is 0 Å². The predicted octanol–water partition coefficient (Wildman–Crippen LogP) is 2.77. The maximum atomic E-state index is 10.8. The molecule has 1 aromatic carbocycles. The van der Waals surface area contributed by atoms with Crippen LogP contribution >= 0.6 is 27.5 Å². The largest absolute Gasteiger partial charge is 0.486 e. The van der Waals surface area contributed by atoms with Gasteiger partial charge in [0.2, 0.25) is 5.75 Å². The lowest BCUT2D eigenvalue weighted by Gasteiger charge is -2.08. The van der Waals surface area contributed by atoms with Crippen LogP contribution in [0.25, 0.3) is 0 Å². The molecule has 0 aliphatic rings. The second-order valence-corrected chi connectivity index (χ2v) is 4.21. The summed E-state index contributed by atoms with van der Waals surface area (Å²) in [7, 11) is 0. The number of halogens is 2. The summed E-state index contributed by atoms with van der Waals surface area (Å²) in [5.74, 6) is 0.128. The van der Waals surface area contributed by atoms with E-state index in [0.717, 1.165) is 0 Å². The van der Waals surface area contributed by atoms with E-state index in [-0.39, 0.29) is 29.7 Å². The van der Waals surface area contributed by atoms with Gasteiger partial charge in [-0.2, -0.15) is 0 Å². The summed E-state index contributed by atoms with van der Waals surface area (Å²) in [6, 6.07) is 2.74. The average molecular weight is 311 g/mol. The number of nitro groups is 1. The fourth-order valence-electron chi connectivity index (χ4n) is 1.06. The number of rotatable bonds is 5. The summed E-state index contributed by atoms with van der Waals surface area (Å²) >= 11 is 8.84. The number of ether oxygens (including phenoxy) is 1. The number of nitrogens with zero attached hydrogens (tertiary/aromatic N) is 1. The van der Waals surface area contributed by atoms with Crippen molar-refractivity contribution < 1.29 is 14.8 Å². The van der Waals surface area contributed by atoms with Crippen LogP contribution in [0.4, 0.5) is 5.69 Å². The maximum Gasteiger partial charge on any atom is 0.313 e. The highest BCUT2D eigenvalue weighted by Crippen LogP contribution is 2.37. The van der Waals surface area contributed by atoms with E-state index >= 15 is 0 Å². The molecular weight excluding hydrogens is 301 g/mol. The molecule has 0 saturated heterocycles. The topological polar surface area (TPSA) is 72.6 Å². The van der Waals surface area contributed by atoms with Gasteiger partial charge in [0.05, 0.1) is 16.0 Å². The smallest absolute Gasteiger partial charge is 0.313 e. The van der Waals surface area contributed by atoms with Crippen molar-refractivity contribution in [3.8, 4) is 5.75 Å². The van der Waals surface area contributed by atoms with Crippen LogP contribution in [-0.4, -0.2) is 23.2 Å². The second kappa shape index (κ2) is 6.03. The third-order valence-electron chi connectivity index (χ3n) is 1.73. The highest BCUT2D eigenvalue weighted by molar-refractivity contribution is 9.10. The molecule has 0 aromatic heterocycles.